The van der Waals surface area contributed by atoms with Crippen LogP contribution < -0.4 is 5.32 Å². The van der Waals surface area contributed by atoms with Crippen LogP contribution in [-0.2, 0) is 11.0 Å². The van der Waals surface area contributed by atoms with E-state index in [1.165, 1.54) is 0 Å². The molecule has 1 amide bonds. The fourth-order valence-electron chi connectivity index (χ4n) is 1.43. The first-order valence-corrected chi connectivity index (χ1v) is 7.09. The molecule has 0 bridgehead atoms. The number of rotatable bonds is 5. The quantitative estimate of drug-likeness (QED) is 0.670. The first kappa shape index (κ1) is 16.3. The lowest BCUT2D eigenvalue weighted by atomic mass is 10.4. The van der Waals surface area contributed by atoms with Gasteiger partial charge in [0.2, 0.25) is 5.91 Å². The average Bonchev–Trinajstić information content (AvgIpc) is 2.83. The zero-order valence-electron chi connectivity index (χ0n) is 11.3. The number of aromatic nitrogens is 3. The minimum atomic E-state index is -4.51. The molecule has 0 aromatic carbocycles. The molecule has 0 spiro atoms. The lowest BCUT2D eigenvalue weighted by Crippen LogP contribution is -2.12. The second-order valence-corrected chi connectivity index (χ2v) is 5.25. The number of carbonyl (C=O) groups is 1. The number of nitrogens with zero attached hydrogens (tertiary/aromatic N) is 3. The minimum absolute atomic E-state index is 0.0279. The van der Waals surface area contributed by atoms with Gasteiger partial charge in [-0.2, -0.15) is 13.2 Å². The maximum Gasteiger partial charge on any atom is 0.433 e. The van der Waals surface area contributed by atoms with Crippen molar-refractivity contribution < 1.29 is 22.5 Å². The molecular formula is C12H11F3N4O2S. The summed E-state index contributed by atoms with van der Waals surface area (Å²) in [4.78, 5) is 18.7. The van der Waals surface area contributed by atoms with Gasteiger partial charge in [0.05, 0.1) is 0 Å². The summed E-state index contributed by atoms with van der Waals surface area (Å²) in [5.74, 6) is 0.766. The van der Waals surface area contributed by atoms with E-state index in [9.17, 15) is 18.0 Å². The van der Waals surface area contributed by atoms with Gasteiger partial charge >= 0.3 is 6.18 Å². The third-order valence-electron chi connectivity index (χ3n) is 2.38. The third kappa shape index (κ3) is 4.72. The zero-order valence-corrected chi connectivity index (χ0v) is 12.2. The largest absolute Gasteiger partial charge is 0.433 e. The van der Waals surface area contributed by atoms with Gasteiger partial charge in [-0.05, 0) is 13.0 Å². The van der Waals surface area contributed by atoms with Crippen molar-refractivity contribution in [2.24, 2.45) is 0 Å². The Balaban J connectivity index is 1.82. The van der Waals surface area contributed by atoms with E-state index in [0.717, 1.165) is 24.0 Å². The maximum absolute atomic E-state index is 12.5. The molecular weight excluding hydrogens is 321 g/mol. The molecule has 2 heterocycles. The Kier molecular flexibility index (Phi) is 5.01. The van der Waals surface area contributed by atoms with E-state index in [4.69, 9.17) is 4.52 Å². The topological polar surface area (TPSA) is 80.9 Å². The van der Waals surface area contributed by atoms with Crippen molar-refractivity contribution in [3.63, 3.8) is 0 Å². The highest BCUT2D eigenvalue weighted by Crippen LogP contribution is 2.28. The van der Waals surface area contributed by atoms with Crippen LogP contribution in [-0.4, -0.2) is 26.8 Å². The monoisotopic (exact) mass is 332 g/mol. The van der Waals surface area contributed by atoms with Gasteiger partial charge in [-0.15, -0.1) is 0 Å². The highest BCUT2D eigenvalue weighted by Gasteiger charge is 2.32. The van der Waals surface area contributed by atoms with Crippen LogP contribution in [0.1, 0.15) is 17.9 Å². The van der Waals surface area contributed by atoms with Crippen molar-refractivity contribution in [3.05, 3.63) is 29.8 Å². The molecule has 6 nitrogen and oxygen atoms in total. The molecule has 118 valence electrons. The Bertz CT molecular complexity index is 660. The van der Waals surface area contributed by atoms with E-state index in [1.54, 1.807) is 13.0 Å². The molecule has 1 N–H and O–H groups in total. The number of nitrogens with one attached hydrogen (secondary N) is 1. The van der Waals surface area contributed by atoms with Crippen molar-refractivity contribution in [1.82, 2.24) is 15.1 Å². The smallest absolute Gasteiger partial charge is 0.360 e. The maximum atomic E-state index is 12.5. The number of alkyl halides is 3. The Morgan fingerprint density at radius 3 is 2.86 bits per heavy atom. The summed E-state index contributed by atoms with van der Waals surface area (Å²) in [6.07, 6.45) is -3.40. The summed E-state index contributed by atoms with van der Waals surface area (Å²) in [7, 11) is 0. The SMILES string of the molecule is Cc1cc(NC(=O)CCSc2nccc(C(F)(F)F)n2)no1. The molecule has 10 heteroatoms. The predicted molar refractivity (Wildman–Crippen MR) is 72.2 cm³/mol. The molecule has 0 atom stereocenters. The van der Waals surface area contributed by atoms with E-state index < -0.39 is 11.9 Å². The number of carbonyl (C=O) groups excluding carboxylic acids is 1. The highest BCUT2D eigenvalue weighted by molar-refractivity contribution is 7.99. The van der Waals surface area contributed by atoms with Crippen LogP contribution in [0.5, 0.6) is 0 Å². The summed E-state index contributed by atoms with van der Waals surface area (Å²) >= 11 is 0.968. The van der Waals surface area contributed by atoms with Crippen LogP contribution in [0.3, 0.4) is 0 Å². The molecule has 2 aromatic heterocycles. The minimum Gasteiger partial charge on any atom is -0.360 e. The molecule has 2 rings (SSSR count). The van der Waals surface area contributed by atoms with Crippen LogP contribution in [0.2, 0.25) is 0 Å². The van der Waals surface area contributed by atoms with E-state index >= 15 is 0 Å². The number of amides is 1. The molecule has 0 aliphatic heterocycles. The summed E-state index contributed by atoms with van der Waals surface area (Å²) in [5, 5.41) is 6.08. The van der Waals surface area contributed by atoms with Gasteiger partial charge in [-0.25, -0.2) is 9.97 Å². The molecule has 0 aliphatic rings. The molecule has 22 heavy (non-hydrogen) atoms. The standard InChI is InChI=1S/C12H11F3N4O2S/c1-7-6-9(19-21-7)18-10(20)3-5-22-11-16-4-2-8(17-11)12(13,14)15/h2,4,6H,3,5H2,1H3,(H,18,19,20). The van der Waals surface area contributed by atoms with Crippen molar-refractivity contribution in [2.75, 3.05) is 11.1 Å². The predicted octanol–water partition coefficient (Wildman–Crippen LogP) is 2.91. The van der Waals surface area contributed by atoms with Gasteiger partial charge in [0.15, 0.2) is 11.0 Å². The van der Waals surface area contributed by atoms with Crippen LogP contribution in [0.4, 0.5) is 19.0 Å². The van der Waals surface area contributed by atoms with Crippen LogP contribution in [0, 0.1) is 6.92 Å². The molecule has 0 unspecified atom stereocenters. The fourth-order valence-corrected chi connectivity index (χ4v) is 2.20. The third-order valence-corrected chi connectivity index (χ3v) is 3.24. The normalized spacial score (nSPS) is 11.5. The number of anilines is 1. The van der Waals surface area contributed by atoms with Crippen molar-refractivity contribution >= 4 is 23.5 Å². The van der Waals surface area contributed by atoms with Gasteiger partial charge in [0.1, 0.15) is 11.5 Å². The number of halogens is 3. The van der Waals surface area contributed by atoms with E-state index in [1.807, 2.05) is 0 Å². The van der Waals surface area contributed by atoms with Gasteiger partial charge in [-0.3, -0.25) is 4.79 Å². The number of aryl methyl sites for hydroxylation is 1. The average molecular weight is 332 g/mol. The molecule has 0 aliphatic carbocycles. The Morgan fingerprint density at radius 1 is 1.45 bits per heavy atom. The van der Waals surface area contributed by atoms with Crippen LogP contribution in [0.15, 0.2) is 28.0 Å². The second kappa shape index (κ2) is 6.77. The number of hydrogen-bond donors (Lipinski definition) is 1. The van der Waals surface area contributed by atoms with Gasteiger partial charge in [-0.1, -0.05) is 16.9 Å². The Labute approximate surface area is 127 Å². The fraction of sp³-hybridized carbons (Fsp3) is 0.333. The van der Waals surface area contributed by atoms with Crippen molar-refractivity contribution in [2.45, 2.75) is 24.7 Å². The van der Waals surface area contributed by atoms with Crippen molar-refractivity contribution in [1.29, 1.82) is 0 Å². The van der Waals surface area contributed by atoms with Gasteiger partial charge in [0.25, 0.3) is 0 Å². The van der Waals surface area contributed by atoms with E-state index in [-0.39, 0.29) is 23.2 Å². The molecule has 0 fully saturated rings. The van der Waals surface area contributed by atoms with Crippen molar-refractivity contribution in [3.8, 4) is 0 Å². The first-order valence-electron chi connectivity index (χ1n) is 6.11. The highest BCUT2D eigenvalue weighted by atomic mass is 32.2. The lowest BCUT2D eigenvalue weighted by Gasteiger charge is -2.06. The van der Waals surface area contributed by atoms with E-state index in [0.29, 0.717) is 11.6 Å². The Hall–Kier alpha value is -2.10. The lowest BCUT2D eigenvalue weighted by molar-refractivity contribution is -0.141. The van der Waals surface area contributed by atoms with Crippen LogP contribution in [0.25, 0.3) is 0 Å². The number of hydrogen-bond acceptors (Lipinski definition) is 6. The van der Waals surface area contributed by atoms with Gasteiger partial charge < -0.3 is 9.84 Å². The number of thioether (sulfide) groups is 1. The molecule has 0 radical (unpaired) electrons. The summed E-state index contributed by atoms with van der Waals surface area (Å²) < 4.78 is 42.2. The molecule has 2 aromatic rings. The molecule has 0 saturated heterocycles. The first-order chi connectivity index (χ1) is 10.3. The summed E-state index contributed by atoms with van der Waals surface area (Å²) in [5.41, 5.74) is -1.01. The van der Waals surface area contributed by atoms with Crippen LogP contribution >= 0.6 is 11.8 Å². The Morgan fingerprint density at radius 2 is 2.23 bits per heavy atom. The summed E-state index contributed by atoms with van der Waals surface area (Å²) in [6, 6.07) is 2.35. The summed E-state index contributed by atoms with van der Waals surface area (Å²) in [6.45, 7) is 1.68. The second-order valence-electron chi connectivity index (χ2n) is 4.19. The van der Waals surface area contributed by atoms with Gasteiger partial charge in [0, 0.05) is 24.4 Å². The zero-order chi connectivity index (χ0) is 16.2. The molecule has 0 saturated carbocycles. The van der Waals surface area contributed by atoms with E-state index in [2.05, 4.69) is 20.4 Å².